The highest BCUT2D eigenvalue weighted by atomic mass is 16.8. The van der Waals surface area contributed by atoms with Crippen molar-refractivity contribution in [3.63, 3.8) is 0 Å². The molecule has 30 heteroatoms. The molecule has 5 heterocycles. The summed E-state index contributed by atoms with van der Waals surface area (Å²) in [5.41, 5.74) is 0. The number of carbonyl (C=O) groups excluding carboxylic acids is 2. The van der Waals surface area contributed by atoms with E-state index in [-0.39, 0.29) is 6.41 Å². The van der Waals surface area contributed by atoms with Gasteiger partial charge in [-0.3, -0.25) is 9.59 Å². The van der Waals surface area contributed by atoms with Crippen LogP contribution in [0.3, 0.4) is 0 Å². The van der Waals surface area contributed by atoms with Gasteiger partial charge in [0, 0.05) is 6.92 Å². The van der Waals surface area contributed by atoms with Gasteiger partial charge in [0.1, 0.15) is 122 Å². The van der Waals surface area contributed by atoms with Crippen LogP contribution in [0.4, 0.5) is 0 Å². The zero-order valence-electron chi connectivity index (χ0n) is 35.1. The van der Waals surface area contributed by atoms with Crippen molar-refractivity contribution in [2.45, 2.75) is 166 Å². The van der Waals surface area contributed by atoms with Crippen LogP contribution in [0.5, 0.6) is 0 Å². The standard InChI is InChI=1S/C36H62N2O28/c1-10(46)38-17-29(64-36-27(56)31(21(50)15(6-43)61-36)66-34-24(53)22(51)18(47)12(3-40)59-34)19(48)13(4-41)58-32(17)65-30-20(49)14(5-42)60-35(26(30)55)63-28-16(7-44)62-33(25(54)23(28)52)57-8-11(2-39)37-9-45/h9,11-36,39-44,47-56H,2-8H2,1H3,(H,37,45)(H,38,46)/t11-,12-,13-,14-,15-,16-,17-,18+,19-,20+,21+,22+,23-,24-,25-,26-,27-,28-,29-,30+,31+,32+,33-,34+,35+,36+/m1/s1. The molecule has 66 heavy (non-hydrogen) atoms. The van der Waals surface area contributed by atoms with Gasteiger partial charge in [0.15, 0.2) is 31.5 Å². The third-order valence-electron chi connectivity index (χ3n) is 11.7. The summed E-state index contributed by atoms with van der Waals surface area (Å²) in [6.07, 6.45) is -44.8. The summed E-state index contributed by atoms with van der Waals surface area (Å²) in [5, 5.41) is 174. The first-order valence-corrected chi connectivity index (χ1v) is 20.8. The molecule has 0 bridgehead atoms. The molecular weight excluding hydrogens is 908 g/mol. The van der Waals surface area contributed by atoms with Gasteiger partial charge in [0.05, 0.1) is 52.3 Å². The number of aliphatic hydroxyl groups excluding tert-OH is 16. The predicted molar refractivity (Wildman–Crippen MR) is 202 cm³/mol. The van der Waals surface area contributed by atoms with Crippen molar-refractivity contribution >= 4 is 12.3 Å². The highest BCUT2D eigenvalue weighted by Gasteiger charge is 2.57. The van der Waals surface area contributed by atoms with Crippen LogP contribution in [0.15, 0.2) is 0 Å². The molecule has 0 aromatic rings. The normalized spacial score (nSPS) is 47.2. The fraction of sp³-hybridized carbons (Fsp3) is 0.944. The van der Waals surface area contributed by atoms with Gasteiger partial charge in [-0.05, 0) is 0 Å². The van der Waals surface area contributed by atoms with Crippen molar-refractivity contribution in [1.29, 1.82) is 0 Å². The third-order valence-corrected chi connectivity index (χ3v) is 11.7. The van der Waals surface area contributed by atoms with E-state index in [9.17, 15) is 91.3 Å². The van der Waals surface area contributed by atoms with Crippen molar-refractivity contribution in [1.82, 2.24) is 10.6 Å². The molecule has 0 aromatic heterocycles. The number of nitrogens with one attached hydrogen (secondary N) is 2. The lowest BCUT2D eigenvalue weighted by Gasteiger charge is -2.50. The number of carbonyl (C=O) groups is 2. The van der Waals surface area contributed by atoms with Crippen LogP contribution in [0, 0.1) is 0 Å². The van der Waals surface area contributed by atoms with Crippen molar-refractivity contribution < 1.29 is 139 Å². The van der Waals surface area contributed by atoms with Crippen molar-refractivity contribution in [3.05, 3.63) is 0 Å². The minimum atomic E-state index is -2.16. The molecule has 384 valence electrons. The molecule has 2 amide bonds. The SMILES string of the molecule is CC(=O)N[C@H]1[C@H](O[C@H]2[C@@H](O)[C@@H](CO)O[C@@H](O[C@H]3[C@H](O)[C@@H](O)[C@H](OC[C@@H](CO)NC=O)O[C@@H]3CO)[C@@H]2O)O[C@H](CO)[C@@H](O)[C@@H]1O[C@@H]1O[C@H](CO)[C@H](O)[C@H](O[C@@H]2O[C@H](CO)[C@H](O)[C@H](O)[C@H]2O)[C@H]1O. The zero-order chi connectivity index (χ0) is 48.7. The van der Waals surface area contributed by atoms with Crippen LogP contribution in [-0.2, 0) is 57.0 Å². The van der Waals surface area contributed by atoms with E-state index in [1.165, 1.54) is 0 Å². The summed E-state index contributed by atoms with van der Waals surface area (Å²) in [5.74, 6) is -0.852. The van der Waals surface area contributed by atoms with Crippen LogP contribution in [0.1, 0.15) is 6.92 Å². The smallest absolute Gasteiger partial charge is 0.217 e. The molecule has 26 atom stereocenters. The van der Waals surface area contributed by atoms with Crippen LogP contribution in [0.25, 0.3) is 0 Å². The lowest BCUT2D eigenvalue weighted by atomic mass is 9.94. The maximum Gasteiger partial charge on any atom is 0.217 e. The Morgan fingerprint density at radius 2 is 0.879 bits per heavy atom. The van der Waals surface area contributed by atoms with Gasteiger partial charge >= 0.3 is 0 Å². The van der Waals surface area contributed by atoms with Crippen LogP contribution in [0.2, 0.25) is 0 Å². The highest BCUT2D eigenvalue weighted by molar-refractivity contribution is 5.73. The molecule has 0 radical (unpaired) electrons. The Labute approximate surface area is 374 Å². The van der Waals surface area contributed by atoms with Crippen LogP contribution in [-0.4, -0.2) is 300 Å². The first-order valence-electron chi connectivity index (χ1n) is 20.8. The predicted octanol–water partition coefficient (Wildman–Crippen LogP) is -12.6. The molecule has 0 spiro atoms. The molecule has 0 aliphatic carbocycles. The number of hydrogen-bond acceptors (Lipinski definition) is 28. The van der Waals surface area contributed by atoms with Gasteiger partial charge in [0.2, 0.25) is 12.3 Å². The van der Waals surface area contributed by atoms with Crippen LogP contribution >= 0.6 is 0 Å². The number of aliphatic hydroxyl groups is 16. The summed E-state index contributed by atoms with van der Waals surface area (Å²) < 4.78 is 56.5. The fourth-order valence-electron chi connectivity index (χ4n) is 8.01. The van der Waals surface area contributed by atoms with E-state index < -0.39 is 212 Å². The molecule has 5 aliphatic heterocycles. The second-order valence-electron chi connectivity index (χ2n) is 16.2. The first-order chi connectivity index (χ1) is 31.4. The molecule has 5 saturated heterocycles. The van der Waals surface area contributed by atoms with Crippen molar-refractivity contribution in [2.75, 3.05) is 46.2 Å². The van der Waals surface area contributed by atoms with Crippen molar-refractivity contribution in [2.24, 2.45) is 0 Å². The molecule has 5 fully saturated rings. The summed E-state index contributed by atoms with van der Waals surface area (Å²) in [6, 6.07) is -2.71. The monoisotopic (exact) mass is 970 g/mol. The molecule has 0 aromatic carbocycles. The number of amides is 2. The molecule has 18 N–H and O–H groups in total. The Hall–Kier alpha value is -2.10. The lowest BCUT2D eigenvalue weighted by molar-refractivity contribution is -0.386. The molecule has 5 aliphatic rings. The summed E-state index contributed by atoms with van der Waals surface area (Å²) >= 11 is 0. The van der Waals surface area contributed by atoms with E-state index >= 15 is 0 Å². The maximum atomic E-state index is 12.7. The number of ether oxygens (including phenoxy) is 10. The Balaban J connectivity index is 1.37. The van der Waals surface area contributed by atoms with Gasteiger partial charge in [-0.25, -0.2) is 0 Å². The Morgan fingerprint density at radius 1 is 0.485 bits per heavy atom. The van der Waals surface area contributed by atoms with Gasteiger partial charge < -0.3 is 140 Å². The van der Waals surface area contributed by atoms with E-state index in [1.807, 2.05) is 0 Å². The van der Waals surface area contributed by atoms with Gasteiger partial charge in [0.25, 0.3) is 0 Å². The van der Waals surface area contributed by atoms with Gasteiger partial charge in [-0.15, -0.1) is 0 Å². The lowest BCUT2D eigenvalue weighted by Crippen LogP contribution is -2.70. The van der Waals surface area contributed by atoms with Gasteiger partial charge in [-0.2, -0.15) is 0 Å². The average molecular weight is 971 g/mol. The number of rotatable bonds is 20. The largest absolute Gasteiger partial charge is 0.394 e. The van der Waals surface area contributed by atoms with E-state index in [2.05, 4.69) is 10.6 Å². The minimum absolute atomic E-state index is 0.283. The Bertz CT molecular complexity index is 1490. The molecule has 5 rings (SSSR count). The Morgan fingerprint density at radius 3 is 1.35 bits per heavy atom. The third kappa shape index (κ3) is 12.1. The Kier molecular flexibility index (Phi) is 20.5. The summed E-state index contributed by atoms with van der Waals surface area (Å²) in [4.78, 5) is 23.5. The maximum absolute atomic E-state index is 12.7. The highest BCUT2D eigenvalue weighted by Crippen LogP contribution is 2.36. The number of hydrogen-bond donors (Lipinski definition) is 18. The second-order valence-corrected chi connectivity index (χ2v) is 16.2. The molecule has 0 unspecified atom stereocenters. The molecule has 0 saturated carbocycles. The quantitative estimate of drug-likeness (QED) is 0.0504. The van der Waals surface area contributed by atoms with E-state index in [0.717, 1.165) is 6.92 Å². The first kappa shape index (κ1) is 54.8. The van der Waals surface area contributed by atoms with E-state index in [0.29, 0.717) is 0 Å². The topological polar surface area (TPSA) is 474 Å². The van der Waals surface area contributed by atoms with E-state index in [1.54, 1.807) is 0 Å². The molecule has 30 nitrogen and oxygen atoms in total. The van der Waals surface area contributed by atoms with E-state index in [4.69, 9.17) is 47.4 Å². The average Bonchev–Trinajstić information content (AvgIpc) is 3.30. The van der Waals surface area contributed by atoms with Crippen molar-refractivity contribution in [3.8, 4) is 0 Å². The molecular formula is C36H62N2O28. The van der Waals surface area contributed by atoms with Crippen LogP contribution < -0.4 is 10.6 Å². The zero-order valence-corrected chi connectivity index (χ0v) is 35.1. The fourth-order valence-corrected chi connectivity index (χ4v) is 8.01. The second kappa shape index (κ2) is 24.6. The minimum Gasteiger partial charge on any atom is -0.394 e. The summed E-state index contributed by atoms with van der Waals surface area (Å²) in [6.45, 7) is -4.73. The van der Waals surface area contributed by atoms with Gasteiger partial charge in [-0.1, -0.05) is 0 Å². The summed E-state index contributed by atoms with van der Waals surface area (Å²) in [7, 11) is 0.